The first-order valence-corrected chi connectivity index (χ1v) is 14.6. The van der Waals surface area contributed by atoms with Crippen molar-refractivity contribution in [2.24, 2.45) is 5.92 Å². The lowest BCUT2D eigenvalue weighted by Gasteiger charge is -2.49. The third-order valence-corrected chi connectivity index (χ3v) is 12.3. The highest BCUT2D eigenvalue weighted by Crippen LogP contribution is 2.56. The van der Waals surface area contributed by atoms with Gasteiger partial charge in [-0.05, 0) is 68.5 Å². The predicted molar refractivity (Wildman–Crippen MR) is 123 cm³/mol. The average molecular weight is 532 g/mol. The summed E-state index contributed by atoms with van der Waals surface area (Å²) in [7, 11) is -7.79. The molecule has 0 saturated heterocycles. The fourth-order valence-corrected chi connectivity index (χ4v) is 9.77. The number of benzene rings is 2. The van der Waals surface area contributed by atoms with E-state index in [1.807, 2.05) is 0 Å². The fraction of sp³-hybridized carbons (Fsp3) is 0.478. The van der Waals surface area contributed by atoms with Gasteiger partial charge in [0.25, 0.3) is 0 Å². The molecular weight excluding hydrogens is 508 g/mol. The number of nitrogens with one attached hydrogen (secondary N) is 1. The summed E-state index contributed by atoms with van der Waals surface area (Å²) in [6.45, 7) is -0.179. The topological polar surface area (TPSA) is 89.5 Å². The summed E-state index contributed by atoms with van der Waals surface area (Å²) in [6, 6.07) is 6.86. The highest BCUT2D eigenvalue weighted by Gasteiger charge is 2.60. The third kappa shape index (κ3) is 3.65. The second-order valence-corrected chi connectivity index (χ2v) is 13.9. The molecule has 2 aliphatic carbocycles. The molecule has 1 heterocycles. The molecule has 0 unspecified atom stereocenters. The van der Waals surface area contributed by atoms with Crippen molar-refractivity contribution >= 4 is 31.5 Å². The van der Waals surface area contributed by atoms with Gasteiger partial charge in [-0.2, -0.15) is 0 Å². The number of rotatable bonds is 5. The Kier molecular flexibility index (Phi) is 5.94. The van der Waals surface area contributed by atoms with Gasteiger partial charge in [-0.3, -0.25) is 0 Å². The van der Waals surface area contributed by atoms with Gasteiger partial charge in [-0.25, -0.2) is 30.3 Å². The molecule has 184 valence electrons. The summed E-state index contributed by atoms with van der Waals surface area (Å²) in [5.41, 5.74) is -0.320. The minimum atomic E-state index is -4.25. The summed E-state index contributed by atoms with van der Waals surface area (Å²) in [4.78, 5) is -0.0630. The lowest BCUT2D eigenvalue weighted by molar-refractivity contribution is 0.112. The summed E-state index contributed by atoms with van der Waals surface area (Å²) in [5, 5.41) is -0.0985. The van der Waals surface area contributed by atoms with Crippen LogP contribution in [0, 0.1) is 17.6 Å². The normalized spacial score (nSPS) is 27.3. The number of sulfone groups is 1. The average Bonchev–Trinajstić information content (AvgIpc) is 2.74. The van der Waals surface area contributed by atoms with E-state index in [1.165, 1.54) is 24.3 Å². The number of ether oxygens (including phenoxy) is 1. The maximum atomic E-state index is 15.3. The van der Waals surface area contributed by atoms with E-state index in [9.17, 15) is 21.2 Å². The van der Waals surface area contributed by atoms with Crippen LogP contribution in [0.3, 0.4) is 0 Å². The van der Waals surface area contributed by atoms with Gasteiger partial charge in [0.1, 0.15) is 10.6 Å². The first kappa shape index (κ1) is 24.0. The second kappa shape index (κ2) is 8.43. The smallest absolute Gasteiger partial charge is 0.214 e. The Bertz CT molecular complexity index is 1330. The van der Waals surface area contributed by atoms with Crippen LogP contribution in [0.5, 0.6) is 5.75 Å². The van der Waals surface area contributed by atoms with Gasteiger partial charge in [0.2, 0.25) is 10.0 Å². The van der Waals surface area contributed by atoms with E-state index in [-0.39, 0.29) is 36.3 Å². The molecule has 0 radical (unpaired) electrons. The SMILES string of the molecule is O=S(=O)(N[C@@H]1CC[C@@]2(S(=O)(=O)c3ccc(Cl)cc3)c3c(F)ccc(F)c3OC[C@H]2C1)C1CCC1. The van der Waals surface area contributed by atoms with Gasteiger partial charge in [-0.15, -0.1) is 0 Å². The van der Waals surface area contributed by atoms with Gasteiger partial charge < -0.3 is 4.74 Å². The molecule has 1 N–H and O–H groups in total. The van der Waals surface area contributed by atoms with Crippen molar-refractivity contribution in [1.29, 1.82) is 0 Å². The Morgan fingerprint density at radius 1 is 0.971 bits per heavy atom. The van der Waals surface area contributed by atoms with Gasteiger partial charge >= 0.3 is 0 Å². The van der Waals surface area contributed by atoms with Crippen molar-refractivity contribution < 1.29 is 30.4 Å². The number of halogens is 3. The van der Waals surface area contributed by atoms with Crippen LogP contribution in [0.2, 0.25) is 5.02 Å². The number of hydrogen-bond donors (Lipinski definition) is 1. The van der Waals surface area contributed by atoms with Crippen molar-refractivity contribution in [2.45, 2.75) is 59.5 Å². The molecule has 2 aromatic rings. The molecule has 11 heteroatoms. The maximum Gasteiger partial charge on any atom is 0.214 e. The van der Waals surface area contributed by atoms with Crippen LogP contribution in [-0.4, -0.2) is 34.7 Å². The van der Waals surface area contributed by atoms with Crippen molar-refractivity contribution in [3.63, 3.8) is 0 Å². The Hall–Kier alpha value is -1.75. The van der Waals surface area contributed by atoms with E-state index in [4.69, 9.17) is 16.3 Å². The van der Waals surface area contributed by atoms with Gasteiger partial charge in [0, 0.05) is 17.0 Å². The van der Waals surface area contributed by atoms with Crippen molar-refractivity contribution in [2.75, 3.05) is 6.61 Å². The Morgan fingerprint density at radius 3 is 2.29 bits per heavy atom. The third-order valence-electron chi connectivity index (χ3n) is 7.43. The highest BCUT2D eigenvalue weighted by atomic mass is 35.5. The number of sulfonamides is 1. The van der Waals surface area contributed by atoms with Crippen LogP contribution < -0.4 is 9.46 Å². The van der Waals surface area contributed by atoms with Crippen LogP contribution in [-0.2, 0) is 24.6 Å². The molecule has 6 nitrogen and oxygen atoms in total. The molecule has 0 spiro atoms. The van der Waals surface area contributed by atoms with E-state index in [1.54, 1.807) is 0 Å². The molecule has 2 saturated carbocycles. The number of hydrogen-bond acceptors (Lipinski definition) is 5. The maximum absolute atomic E-state index is 15.3. The zero-order valence-corrected chi connectivity index (χ0v) is 20.5. The first-order valence-electron chi connectivity index (χ1n) is 11.2. The first-order chi connectivity index (χ1) is 16.1. The van der Waals surface area contributed by atoms with E-state index >= 15 is 4.39 Å². The van der Waals surface area contributed by atoms with Gasteiger partial charge in [0.05, 0.1) is 22.3 Å². The molecule has 0 aromatic heterocycles. The summed E-state index contributed by atoms with van der Waals surface area (Å²) in [5.74, 6) is -2.90. The summed E-state index contributed by atoms with van der Waals surface area (Å²) >= 11 is 5.94. The monoisotopic (exact) mass is 531 g/mol. The predicted octanol–water partition coefficient (Wildman–Crippen LogP) is 4.32. The minimum absolute atomic E-state index is 0.0630. The summed E-state index contributed by atoms with van der Waals surface area (Å²) < 4.78 is 90.0. The van der Waals surface area contributed by atoms with Crippen LogP contribution in [0.4, 0.5) is 8.78 Å². The van der Waals surface area contributed by atoms with E-state index in [0.29, 0.717) is 17.9 Å². The fourth-order valence-electron chi connectivity index (χ4n) is 5.46. The quantitative estimate of drug-likeness (QED) is 0.620. The highest BCUT2D eigenvalue weighted by molar-refractivity contribution is 7.92. The zero-order valence-electron chi connectivity index (χ0n) is 18.1. The van der Waals surface area contributed by atoms with Crippen LogP contribution in [0.15, 0.2) is 41.3 Å². The van der Waals surface area contributed by atoms with E-state index in [2.05, 4.69) is 4.72 Å². The standard InChI is InChI=1S/C23H24ClF2NO5S2/c24-15-4-6-17(7-5-15)33(28,29)23-11-10-16(27-34(30,31)18-2-1-3-18)12-14(23)13-32-22-20(26)9-8-19(25)21(22)23/h4-9,14,16,18,27H,1-3,10-13H2/t14-,16-,23+/m1/s1. The van der Waals surface area contributed by atoms with E-state index < -0.39 is 59.2 Å². The Balaban J connectivity index is 1.60. The Morgan fingerprint density at radius 2 is 1.65 bits per heavy atom. The molecule has 3 atom stereocenters. The van der Waals surface area contributed by atoms with Crippen molar-refractivity contribution in [3.8, 4) is 5.75 Å². The molecule has 1 aliphatic heterocycles. The van der Waals surface area contributed by atoms with Crippen molar-refractivity contribution in [1.82, 2.24) is 4.72 Å². The molecule has 2 fully saturated rings. The van der Waals surface area contributed by atoms with Crippen molar-refractivity contribution in [3.05, 3.63) is 58.6 Å². The summed E-state index contributed by atoms with van der Waals surface area (Å²) in [6.07, 6.45) is 2.25. The molecular formula is C23H24ClF2NO5S2. The molecule has 0 bridgehead atoms. The lowest BCUT2D eigenvalue weighted by atomic mass is 9.71. The van der Waals surface area contributed by atoms with Gasteiger partial charge in [-0.1, -0.05) is 18.0 Å². The minimum Gasteiger partial charge on any atom is -0.490 e. The van der Waals surface area contributed by atoms with Crippen LogP contribution >= 0.6 is 11.6 Å². The lowest BCUT2D eigenvalue weighted by Crippen LogP contribution is -2.56. The molecule has 5 rings (SSSR count). The van der Waals surface area contributed by atoms with Crippen LogP contribution in [0.1, 0.15) is 44.1 Å². The molecule has 3 aliphatic rings. The Labute approximate surface area is 202 Å². The second-order valence-electron chi connectivity index (χ2n) is 9.28. The molecule has 34 heavy (non-hydrogen) atoms. The number of fused-ring (bicyclic) bond motifs is 3. The largest absolute Gasteiger partial charge is 0.490 e. The zero-order chi connectivity index (χ0) is 24.3. The van der Waals surface area contributed by atoms with Gasteiger partial charge in [0.15, 0.2) is 21.4 Å². The molecule has 0 amide bonds. The van der Waals surface area contributed by atoms with Crippen LogP contribution in [0.25, 0.3) is 0 Å². The van der Waals surface area contributed by atoms with E-state index in [0.717, 1.165) is 18.6 Å². The molecule has 2 aromatic carbocycles.